The number of rotatable bonds is 6. The lowest BCUT2D eigenvalue weighted by atomic mass is 10.1. The zero-order valence-corrected chi connectivity index (χ0v) is 19.1. The summed E-state index contributed by atoms with van der Waals surface area (Å²) in [6.45, 7) is 3.46. The Morgan fingerprint density at radius 2 is 1.45 bits per heavy atom. The first kappa shape index (κ1) is 22.5. The first-order valence-electron chi connectivity index (χ1n) is 10.7. The van der Waals surface area contributed by atoms with Crippen molar-refractivity contribution in [2.75, 3.05) is 23.1 Å². The number of amides is 2. The van der Waals surface area contributed by atoms with Crippen LogP contribution in [0.1, 0.15) is 39.1 Å². The van der Waals surface area contributed by atoms with Gasteiger partial charge >= 0.3 is 0 Å². The van der Waals surface area contributed by atoms with Crippen LogP contribution in [0.4, 0.5) is 11.4 Å². The van der Waals surface area contributed by atoms with Gasteiger partial charge in [0.2, 0.25) is 0 Å². The molecule has 0 unspecified atom stereocenters. The standard InChI is InChI=1S/C25H25N3O4S/c1-18-7-11-22(12-8-18)27-33(31,32)23-6-4-5-20(17-23)24(29)26-21-13-9-19(10-14-21)25(30)28-15-2-3-16-28/h4-14,17,27H,2-3,15-16H2,1H3,(H,26,29). The highest BCUT2D eigenvalue weighted by molar-refractivity contribution is 7.92. The molecule has 3 aromatic carbocycles. The molecule has 7 nitrogen and oxygen atoms in total. The minimum Gasteiger partial charge on any atom is -0.339 e. The van der Waals surface area contributed by atoms with E-state index in [1.807, 2.05) is 24.0 Å². The second-order valence-corrected chi connectivity index (χ2v) is 9.71. The molecule has 0 saturated carbocycles. The van der Waals surface area contributed by atoms with E-state index < -0.39 is 15.9 Å². The summed E-state index contributed by atoms with van der Waals surface area (Å²) in [5.41, 5.74) is 2.76. The largest absolute Gasteiger partial charge is 0.339 e. The van der Waals surface area contributed by atoms with Gasteiger partial charge in [0.05, 0.1) is 4.90 Å². The summed E-state index contributed by atoms with van der Waals surface area (Å²) in [6.07, 6.45) is 2.05. The number of carbonyl (C=O) groups excluding carboxylic acids is 2. The maximum absolute atomic E-state index is 12.8. The van der Waals surface area contributed by atoms with Gasteiger partial charge in [-0.3, -0.25) is 14.3 Å². The molecule has 0 bridgehead atoms. The molecule has 1 aliphatic rings. The minimum absolute atomic E-state index is 0.00985. The van der Waals surface area contributed by atoms with Crippen molar-refractivity contribution in [3.05, 3.63) is 89.5 Å². The predicted molar refractivity (Wildman–Crippen MR) is 128 cm³/mol. The molecule has 8 heteroatoms. The van der Waals surface area contributed by atoms with Crippen LogP contribution in [0.15, 0.2) is 77.7 Å². The Labute approximate surface area is 193 Å². The number of anilines is 2. The van der Waals surface area contributed by atoms with E-state index in [-0.39, 0.29) is 16.4 Å². The SMILES string of the molecule is Cc1ccc(NS(=O)(=O)c2cccc(C(=O)Nc3ccc(C(=O)N4CCCC4)cc3)c2)cc1. The van der Waals surface area contributed by atoms with Crippen molar-refractivity contribution < 1.29 is 18.0 Å². The van der Waals surface area contributed by atoms with Crippen molar-refractivity contribution in [1.82, 2.24) is 4.90 Å². The number of carbonyl (C=O) groups is 2. The minimum atomic E-state index is -3.85. The van der Waals surface area contributed by atoms with E-state index in [4.69, 9.17) is 0 Å². The van der Waals surface area contributed by atoms with Gasteiger partial charge in [-0.05, 0) is 74.4 Å². The molecule has 0 aliphatic carbocycles. The van der Waals surface area contributed by atoms with Crippen molar-refractivity contribution in [1.29, 1.82) is 0 Å². The normalized spacial score (nSPS) is 13.5. The van der Waals surface area contributed by atoms with Gasteiger partial charge in [-0.15, -0.1) is 0 Å². The molecule has 2 amide bonds. The lowest BCUT2D eigenvalue weighted by Crippen LogP contribution is -2.27. The molecule has 170 valence electrons. The Morgan fingerprint density at radius 1 is 0.818 bits per heavy atom. The van der Waals surface area contributed by atoms with Gasteiger partial charge in [0.1, 0.15) is 0 Å². The van der Waals surface area contributed by atoms with Gasteiger partial charge in [-0.2, -0.15) is 0 Å². The molecule has 1 aliphatic heterocycles. The van der Waals surface area contributed by atoms with Crippen LogP contribution in [0, 0.1) is 6.92 Å². The molecule has 0 atom stereocenters. The third kappa shape index (κ3) is 5.40. The van der Waals surface area contributed by atoms with Gasteiger partial charge < -0.3 is 10.2 Å². The fourth-order valence-corrected chi connectivity index (χ4v) is 4.75. The van der Waals surface area contributed by atoms with Crippen LogP contribution in [0.5, 0.6) is 0 Å². The molecular weight excluding hydrogens is 438 g/mol. The van der Waals surface area contributed by atoms with E-state index in [0.717, 1.165) is 31.5 Å². The van der Waals surface area contributed by atoms with Gasteiger partial charge in [0.15, 0.2) is 0 Å². The second-order valence-electron chi connectivity index (χ2n) is 8.03. The molecule has 1 saturated heterocycles. The average molecular weight is 464 g/mol. The summed E-state index contributed by atoms with van der Waals surface area (Å²) in [5.74, 6) is -0.453. The Hall–Kier alpha value is -3.65. The summed E-state index contributed by atoms with van der Waals surface area (Å²) in [5, 5.41) is 2.75. The Morgan fingerprint density at radius 3 is 2.12 bits per heavy atom. The predicted octanol–water partition coefficient (Wildman–Crippen LogP) is 4.28. The number of hydrogen-bond donors (Lipinski definition) is 2. The third-order valence-corrected chi connectivity index (χ3v) is 6.87. The number of sulfonamides is 1. The number of benzene rings is 3. The van der Waals surface area contributed by atoms with Crippen molar-refractivity contribution in [3.8, 4) is 0 Å². The van der Waals surface area contributed by atoms with Gasteiger partial charge in [0.25, 0.3) is 21.8 Å². The summed E-state index contributed by atoms with van der Waals surface area (Å²) in [7, 11) is -3.85. The first-order valence-corrected chi connectivity index (χ1v) is 12.2. The number of aryl methyl sites for hydroxylation is 1. The smallest absolute Gasteiger partial charge is 0.261 e. The summed E-state index contributed by atoms with van der Waals surface area (Å²) in [6, 6.07) is 19.5. The fourth-order valence-electron chi connectivity index (χ4n) is 3.64. The van der Waals surface area contributed by atoms with Gasteiger partial charge in [-0.1, -0.05) is 23.8 Å². The maximum Gasteiger partial charge on any atom is 0.261 e. The van der Waals surface area contributed by atoms with Crippen molar-refractivity contribution in [3.63, 3.8) is 0 Å². The molecule has 2 N–H and O–H groups in total. The summed E-state index contributed by atoms with van der Waals surface area (Å²) in [4.78, 5) is 27.0. The van der Waals surface area contributed by atoms with Crippen LogP contribution in [-0.4, -0.2) is 38.2 Å². The van der Waals surface area contributed by atoms with Gasteiger partial charge in [-0.25, -0.2) is 8.42 Å². The molecule has 3 aromatic rings. The maximum atomic E-state index is 12.8. The molecule has 1 heterocycles. The summed E-state index contributed by atoms with van der Waals surface area (Å²) >= 11 is 0. The highest BCUT2D eigenvalue weighted by atomic mass is 32.2. The highest BCUT2D eigenvalue weighted by Crippen LogP contribution is 2.19. The zero-order valence-electron chi connectivity index (χ0n) is 18.2. The fraction of sp³-hybridized carbons (Fsp3) is 0.200. The average Bonchev–Trinajstić information content (AvgIpc) is 3.36. The van der Waals surface area contributed by atoms with Crippen LogP contribution in [0.25, 0.3) is 0 Å². The summed E-state index contributed by atoms with van der Waals surface area (Å²) < 4.78 is 28.0. The molecule has 0 radical (unpaired) electrons. The first-order chi connectivity index (χ1) is 15.8. The van der Waals surface area contributed by atoms with E-state index in [2.05, 4.69) is 10.0 Å². The number of likely N-dealkylation sites (tertiary alicyclic amines) is 1. The number of nitrogens with one attached hydrogen (secondary N) is 2. The van der Waals surface area contributed by atoms with Crippen molar-refractivity contribution in [2.45, 2.75) is 24.7 Å². The number of hydrogen-bond acceptors (Lipinski definition) is 4. The van der Waals surface area contributed by atoms with Crippen LogP contribution in [0.2, 0.25) is 0 Å². The quantitative estimate of drug-likeness (QED) is 0.570. The van der Waals surface area contributed by atoms with Crippen molar-refractivity contribution in [2.24, 2.45) is 0 Å². The van der Waals surface area contributed by atoms with Crippen LogP contribution >= 0.6 is 0 Å². The Balaban J connectivity index is 1.45. The Bertz CT molecular complexity index is 1260. The van der Waals surface area contributed by atoms with Crippen LogP contribution < -0.4 is 10.0 Å². The van der Waals surface area contributed by atoms with Crippen LogP contribution in [-0.2, 0) is 10.0 Å². The Kier molecular flexibility index (Phi) is 6.46. The molecule has 4 rings (SSSR count). The molecule has 33 heavy (non-hydrogen) atoms. The third-order valence-electron chi connectivity index (χ3n) is 5.49. The monoisotopic (exact) mass is 463 g/mol. The molecule has 0 aromatic heterocycles. The van der Waals surface area contributed by atoms with Crippen LogP contribution in [0.3, 0.4) is 0 Å². The van der Waals surface area contributed by atoms with E-state index in [1.54, 1.807) is 42.5 Å². The number of nitrogens with zero attached hydrogens (tertiary/aromatic N) is 1. The van der Waals surface area contributed by atoms with Gasteiger partial charge in [0, 0.05) is 35.6 Å². The van der Waals surface area contributed by atoms with E-state index in [0.29, 0.717) is 16.9 Å². The zero-order chi connectivity index (χ0) is 23.4. The van der Waals surface area contributed by atoms with E-state index >= 15 is 0 Å². The topological polar surface area (TPSA) is 95.6 Å². The van der Waals surface area contributed by atoms with E-state index in [9.17, 15) is 18.0 Å². The lowest BCUT2D eigenvalue weighted by Gasteiger charge is -2.15. The van der Waals surface area contributed by atoms with E-state index in [1.165, 1.54) is 18.2 Å². The lowest BCUT2D eigenvalue weighted by molar-refractivity contribution is 0.0792. The van der Waals surface area contributed by atoms with Crippen molar-refractivity contribution >= 4 is 33.2 Å². The molecule has 0 spiro atoms. The highest BCUT2D eigenvalue weighted by Gasteiger charge is 2.20. The molecular formula is C25H25N3O4S. The second kappa shape index (κ2) is 9.46. The molecule has 1 fully saturated rings.